The number of hydrogen-bond donors (Lipinski definition) is 2. The van der Waals surface area contributed by atoms with Crippen LogP contribution in [0, 0.1) is 5.92 Å². The summed E-state index contributed by atoms with van der Waals surface area (Å²) < 4.78 is 21.8. The molecule has 1 aliphatic rings. The lowest BCUT2D eigenvalue weighted by molar-refractivity contribution is 0.323. The zero-order valence-electron chi connectivity index (χ0n) is 20.0. The second kappa shape index (κ2) is 13.2. The first-order valence-corrected chi connectivity index (χ1v) is 10.7. The average Bonchev–Trinajstić information content (AvgIpc) is 3.32. The minimum atomic E-state index is 0. The third-order valence-corrected chi connectivity index (χ3v) is 5.68. The van der Waals surface area contributed by atoms with Crippen LogP contribution in [0.5, 0.6) is 23.0 Å². The van der Waals surface area contributed by atoms with Crippen LogP contribution in [-0.2, 0) is 6.54 Å². The van der Waals surface area contributed by atoms with Crippen molar-refractivity contribution in [1.82, 2.24) is 10.6 Å². The van der Waals surface area contributed by atoms with Crippen LogP contribution in [0.3, 0.4) is 0 Å². The number of para-hydroxylation sites is 2. The molecule has 33 heavy (non-hydrogen) atoms. The van der Waals surface area contributed by atoms with Crippen LogP contribution in [0.25, 0.3) is 0 Å². The maximum absolute atomic E-state index is 5.52. The fourth-order valence-corrected chi connectivity index (χ4v) is 3.99. The molecule has 1 atom stereocenters. The van der Waals surface area contributed by atoms with Crippen LogP contribution < -0.4 is 34.5 Å². The SMILES string of the molecule is CN=C(NCc1cc(OC)c(OC)c(OC)c1)NCC1CCN(c2ccccc2OC)C1.I. The van der Waals surface area contributed by atoms with E-state index in [1.807, 2.05) is 24.3 Å². The molecule has 1 fully saturated rings. The van der Waals surface area contributed by atoms with E-state index in [1.165, 1.54) is 0 Å². The molecular formula is C24H35IN4O4. The summed E-state index contributed by atoms with van der Waals surface area (Å²) in [6.07, 6.45) is 1.12. The Morgan fingerprint density at radius 3 is 2.24 bits per heavy atom. The van der Waals surface area contributed by atoms with Crippen LogP contribution in [-0.4, -0.2) is 61.1 Å². The second-order valence-electron chi connectivity index (χ2n) is 7.61. The van der Waals surface area contributed by atoms with Crippen molar-refractivity contribution in [3.63, 3.8) is 0 Å². The lowest BCUT2D eigenvalue weighted by atomic mass is 10.1. The number of nitrogens with one attached hydrogen (secondary N) is 2. The lowest BCUT2D eigenvalue weighted by Gasteiger charge is -2.21. The average molecular weight is 570 g/mol. The predicted octanol–water partition coefficient (Wildman–Crippen LogP) is 3.53. The minimum Gasteiger partial charge on any atom is -0.495 e. The summed E-state index contributed by atoms with van der Waals surface area (Å²) in [6, 6.07) is 12.1. The molecule has 0 radical (unpaired) electrons. The zero-order valence-corrected chi connectivity index (χ0v) is 22.3. The van der Waals surface area contributed by atoms with Gasteiger partial charge in [-0.2, -0.15) is 0 Å². The Kier molecular flexibility index (Phi) is 10.7. The lowest BCUT2D eigenvalue weighted by Crippen LogP contribution is -2.40. The first kappa shape index (κ1) is 26.7. The highest BCUT2D eigenvalue weighted by molar-refractivity contribution is 14.0. The van der Waals surface area contributed by atoms with Gasteiger partial charge in [0, 0.05) is 33.2 Å². The van der Waals surface area contributed by atoms with E-state index in [0.717, 1.165) is 49.0 Å². The number of guanidine groups is 1. The van der Waals surface area contributed by atoms with Crippen molar-refractivity contribution < 1.29 is 18.9 Å². The molecule has 2 aromatic rings. The number of nitrogens with zero attached hydrogens (tertiary/aromatic N) is 2. The molecular weight excluding hydrogens is 535 g/mol. The Balaban J connectivity index is 0.00000385. The molecule has 0 spiro atoms. The van der Waals surface area contributed by atoms with Crippen molar-refractivity contribution in [2.24, 2.45) is 10.9 Å². The summed E-state index contributed by atoms with van der Waals surface area (Å²) in [6.45, 7) is 3.43. The van der Waals surface area contributed by atoms with Crippen molar-refractivity contribution in [2.75, 3.05) is 60.0 Å². The molecule has 3 rings (SSSR count). The van der Waals surface area contributed by atoms with Gasteiger partial charge in [-0.05, 0) is 42.2 Å². The van der Waals surface area contributed by atoms with Gasteiger partial charge in [0.15, 0.2) is 17.5 Å². The van der Waals surface area contributed by atoms with Crippen LogP contribution in [0.4, 0.5) is 5.69 Å². The number of anilines is 1. The quantitative estimate of drug-likeness (QED) is 0.272. The normalized spacial score (nSPS) is 15.5. The second-order valence-corrected chi connectivity index (χ2v) is 7.61. The molecule has 1 saturated heterocycles. The van der Waals surface area contributed by atoms with E-state index in [0.29, 0.717) is 29.7 Å². The van der Waals surface area contributed by atoms with Crippen molar-refractivity contribution in [1.29, 1.82) is 0 Å². The largest absolute Gasteiger partial charge is 0.495 e. The van der Waals surface area contributed by atoms with E-state index in [-0.39, 0.29) is 24.0 Å². The molecule has 1 heterocycles. The number of halogens is 1. The maximum atomic E-state index is 5.52. The van der Waals surface area contributed by atoms with Crippen molar-refractivity contribution in [3.05, 3.63) is 42.0 Å². The molecule has 2 N–H and O–H groups in total. The van der Waals surface area contributed by atoms with Gasteiger partial charge in [0.05, 0.1) is 34.1 Å². The topological polar surface area (TPSA) is 76.6 Å². The maximum Gasteiger partial charge on any atom is 0.203 e. The van der Waals surface area contributed by atoms with Crippen LogP contribution in [0.1, 0.15) is 12.0 Å². The Bertz CT molecular complexity index is 900. The molecule has 0 bridgehead atoms. The van der Waals surface area contributed by atoms with E-state index in [1.54, 1.807) is 35.5 Å². The highest BCUT2D eigenvalue weighted by Gasteiger charge is 2.24. The Labute approximate surface area is 213 Å². The fourth-order valence-electron chi connectivity index (χ4n) is 3.99. The number of rotatable bonds is 9. The third-order valence-electron chi connectivity index (χ3n) is 5.68. The molecule has 0 amide bonds. The third kappa shape index (κ3) is 6.72. The van der Waals surface area contributed by atoms with E-state index in [2.05, 4.69) is 32.7 Å². The summed E-state index contributed by atoms with van der Waals surface area (Å²) >= 11 is 0. The number of ether oxygens (including phenoxy) is 4. The number of hydrogen-bond acceptors (Lipinski definition) is 6. The molecule has 0 saturated carbocycles. The van der Waals surface area contributed by atoms with E-state index in [9.17, 15) is 0 Å². The van der Waals surface area contributed by atoms with Gasteiger partial charge < -0.3 is 34.5 Å². The molecule has 1 aliphatic heterocycles. The van der Waals surface area contributed by atoms with Gasteiger partial charge in [-0.15, -0.1) is 24.0 Å². The van der Waals surface area contributed by atoms with Crippen molar-refractivity contribution in [3.8, 4) is 23.0 Å². The van der Waals surface area contributed by atoms with Gasteiger partial charge in [-0.3, -0.25) is 4.99 Å². The summed E-state index contributed by atoms with van der Waals surface area (Å²) in [5.41, 5.74) is 2.16. The van der Waals surface area contributed by atoms with Gasteiger partial charge in [0.1, 0.15) is 5.75 Å². The summed E-state index contributed by atoms with van der Waals surface area (Å²) in [7, 11) is 8.33. The Morgan fingerprint density at radius 1 is 0.970 bits per heavy atom. The van der Waals surface area contributed by atoms with E-state index in [4.69, 9.17) is 18.9 Å². The molecule has 9 heteroatoms. The number of aliphatic imine (C=N–C) groups is 1. The standard InChI is InChI=1S/C24H34N4O4.HI/c1-25-24(27-15-18-12-21(30-3)23(32-5)22(13-18)31-4)26-14-17-10-11-28(16-17)19-8-6-7-9-20(19)29-2;/h6-9,12-13,17H,10-11,14-16H2,1-5H3,(H2,25,26,27);1H. The number of methoxy groups -OCH3 is 4. The molecule has 2 aromatic carbocycles. The summed E-state index contributed by atoms with van der Waals surface area (Å²) in [5, 5.41) is 6.82. The monoisotopic (exact) mass is 570 g/mol. The van der Waals surface area contributed by atoms with Gasteiger partial charge in [0.2, 0.25) is 5.75 Å². The van der Waals surface area contributed by atoms with Crippen molar-refractivity contribution >= 4 is 35.6 Å². The van der Waals surface area contributed by atoms with E-state index >= 15 is 0 Å². The molecule has 0 aliphatic carbocycles. The Morgan fingerprint density at radius 2 is 1.64 bits per heavy atom. The molecule has 182 valence electrons. The molecule has 0 aromatic heterocycles. The van der Waals surface area contributed by atoms with Crippen molar-refractivity contribution in [2.45, 2.75) is 13.0 Å². The van der Waals surface area contributed by atoms with Crippen LogP contribution in [0.2, 0.25) is 0 Å². The highest BCUT2D eigenvalue weighted by atomic mass is 127. The summed E-state index contributed by atoms with van der Waals surface area (Å²) in [5.74, 6) is 4.06. The van der Waals surface area contributed by atoms with Gasteiger partial charge in [-0.25, -0.2) is 0 Å². The van der Waals surface area contributed by atoms with E-state index < -0.39 is 0 Å². The zero-order chi connectivity index (χ0) is 22.9. The summed E-state index contributed by atoms with van der Waals surface area (Å²) in [4.78, 5) is 6.75. The molecule has 8 nitrogen and oxygen atoms in total. The van der Waals surface area contributed by atoms with Gasteiger partial charge >= 0.3 is 0 Å². The smallest absolute Gasteiger partial charge is 0.203 e. The van der Waals surface area contributed by atoms with Crippen LogP contribution >= 0.6 is 24.0 Å². The first-order chi connectivity index (χ1) is 15.6. The number of benzene rings is 2. The fraction of sp³-hybridized carbons (Fsp3) is 0.458. The predicted molar refractivity (Wildman–Crippen MR) is 143 cm³/mol. The van der Waals surface area contributed by atoms with Gasteiger partial charge in [-0.1, -0.05) is 12.1 Å². The first-order valence-electron chi connectivity index (χ1n) is 10.7. The van der Waals surface area contributed by atoms with Gasteiger partial charge in [0.25, 0.3) is 0 Å². The Hall–Kier alpha value is -2.56. The highest BCUT2D eigenvalue weighted by Crippen LogP contribution is 2.38. The molecule has 1 unspecified atom stereocenters. The van der Waals surface area contributed by atoms with Crippen LogP contribution in [0.15, 0.2) is 41.4 Å². The minimum absolute atomic E-state index is 0.